The number of nitrogens with one attached hydrogen (secondary N) is 1. The Morgan fingerprint density at radius 2 is 1.90 bits per heavy atom. The number of carbonyl (C=O) groups is 2. The van der Waals surface area contributed by atoms with E-state index in [1.54, 1.807) is 11.8 Å². The van der Waals surface area contributed by atoms with Crippen LogP contribution in [0, 0.1) is 13.8 Å². The molecule has 29 heavy (non-hydrogen) atoms. The zero-order valence-electron chi connectivity index (χ0n) is 16.8. The Kier molecular flexibility index (Phi) is 4.92. The molecule has 0 unspecified atom stereocenters. The molecule has 0 atom stereocenters. The second-order valence-corrected chi connectivity index (χ2v) is 7.38. The summed E-state index contributed by atoms with van der Waals surface area (Å²) in [5.41, 5.74) is 5.32. The number of hydrogen-bond acceptors (Lipinski definition) is 4. The highest BCUT2D eigenvalue weighted by Crippen LogP contribution is 2.31. The van der Waals surface area contributed by atoms with Gasteiger partial charge in [0.15, 0.2) is 0 Å². The molecule has 6 nitrogen and oxygen atoms in total. The second kappa shape index (κ2) is 7.54. The number of nitrogens with zero attached hydrogens (tertiary/aromatic N) is 2. The Labute approximate surface area is 169 Å². The molecule has 0 radical (unpaired) electrons. The number of rotatable bonds is 4. The topological polar surface area (TPSA) is 75.4 Å². The van der Waals surface area contributed by atoms with Crippen molar-refractivity contribution in [3.63, 3.8) is 0 Å². The summed E-state index contributed by atoms with van der Waals surface area (Å²) in [6.07, 6.45) is 0.956. The average molecular weight is 389 g/mol. The van der Waals surface area contributed by atoms with Gasteiger partial charge in [0, 0.05) is 30.4 Å². The number of anilines is 2. The van der Waals surface area contributed by atoms with E-state index in [1.165, 1.54) is 0 Å². The zero-order valence-corrected chi connectivity index (χ0v) is 16.8. The Bertz CT molecular complexity index is 1080. The monoisotopic (exact) mass is 389 g/mol. The highest BCUT2D eigenvalue weighted by Gasteiger charge is 2.23. The van der Waals surface area contributed by atoms with Gasteiger partial charge in [-0.05, 0) is 50.1 Å². The second-order valence-electron chi connectivity index (χ2n) is 7.38. The first kappa shape index (κ1) is 18.9. The summed E-state index contributed by atoms with van der Waals surface area (Å²) in [6, 6.07) is 13.6. The van der Waals surface area contributed by atoms with Gasteiger partial charge in [0.25, 0.3) is 0 Å². The van der Waals surface area contributed by atoms with Crippen LogP contribution in [-0.2, 0) is 22.4 Å². The fourth-order valence-corrected chi connectivity index (χ4v) is 3.55. The van der Waals surface area contributed by atoms with E-state index < -0.39 is 0 Å². The van der Waals surface area contributed by atoms with Crippen LogP contribution in [-0.4, -0.2) is 23.3 Å². The largest absolute Gasteiger partial charge is 0.441 e. The molecular formula is C23H23N3O3. The van der Waals surface area contributed by atoms with Crippen molar-refractivity contribution in [2.75, 3.05) is 16.8 Å². The van der Waals surface area contributed by atoms with Gasteiger partial charge in [-0.15, -0.1) is 0 Å². The van der Waals surface area contributed by atoms with Crippen LogP contribution < -0.4 is 10.2 Å². The van der Waals surface area contributed by atoms with Crippen molar-refractivity contribution in [3.05, 3.63) is 65.0 Å². The Hall–Kier alpha value is -3.41. The molecule has 3 aromatic rings. The van der Waals surface area contributed by atoms with Gasteiger partial charge in [-0.3, -0.25) is 9.59 Å². The van der Waals surface area contributed by atoms with E-state index in [1.807, 2.05) is 56.3 Å². The smallest absolute Gasteiger partial charge is 0.230 e. The van der Waals surface area contributed by atoms with Crippen LogP contribution in [0.3, 0.4) is 0 Å². The van der Waals surface area contributed by atoms with Crippen molar-refractivity contribution >= 4 is 23.2 Å². The number of fused-ring (bicyclic) bond motifs is 1. The van der Waals surface area contributed by atoms with Crippen LogP contribution in [0.15, 0.2) is 46.9 Å². The van der Waals surface area contributed by atoms with Gasteiger partial charge >= 0.3 is 0 Å². The SMILES string of the molecule is CC(=O)N1CCc2ccc(NC(=O)Cc3nc(-c4ccc(C)cc4)oc3C)cc21. The number of carbonyl (C=O) groups excluding carboxylic acids is 2. The zero-order chi connectivity index (χ0) is 20.5. The molecule has 1 aromatic heterocycles. The van der Waals surface area contributed by atoms with Crippen molar-refractivity contribution in [2.45, 2.75) is 33.6 Å². The molecule has 1 aliphatic rings. The standard InChI is InChI=1S/C23H23N3O3/c1-14-4-6-18(7-5-14)23-25-20(15(2)29-23)13-22(28)24-19-9-8-17-10-11-26(16(3)27)21(17)12-19/h4-9,12H,10-11,13H2,1-3H3,(H,24,28). The summed E-state index contributed by atoms with van der Waals surface area (Å²) in [4.78, 5) is 30.6. The molecule has 1 N–H and O–H groups in total. The molecule has 0 spiro atoms. The van der Waals surface area contributed by atoms with E-state index in [2.05, 4.69) is 10.3 Å². The summed E-state index contributed by atoms with van der Waals surface area (Å²) in [5, 5.41) is 2.90. The number of benzene rings is 2. The maximum absolute atomic E-state index is 12.6. The minimum Gasteiger partial charge on any atom is -0.441 e. The highest BCUT2D eigenvalue weighted by molar-refractivity contribution is 5.97. The van der Waals surface area contributed by atoms with Gasteiger partial charge in [-0.1, -0.05) is 23.8 Å². The summed E-state index contributed by atoms with van der Waals surface area (Å²) in [6.45, 7) is 6.07. The summed E-state index contributed by atoms with van der Waals surface area (Å²) in [7, 11) is 0. The minimum atomic E-state index is -0.177. The van der Waals surface area contributed by atoms with Crippen LogP contribution in [0.25, 0.3) is 11.5 Å². The number of aromatic nitrogens is 1. The lowest BCUT2D eigenvalue weighted by Crippen LogP contribution is -2.25. The predicted molar refractivity (Wildman–Crippen MR) is 112 cm³/mol. The van der Waals surface area contributed by atoms with Crippen LogP contribution in [0.1, 0.15) is 29.5 Å². The van der Waals surface area contributed by atoms with E-state index in [0.29, 0.717) is 29.6 Å². The van der Waals surface area contributed by atoms with Crippen LogP contribution >= 0.6 is 0 Å². The van der Waals surface area contributed by atoms with Gasteiger partial charge < -0.3 is 14.6 Å². The molecule has 148 valence electrons. The molecule has 2 amide bonds. The molecule has 0 saturated heterocycles. The third-order valence-electron chi connectivity index (χ3n) is 5.16. The van der Waals surface area contributed by atoms with Crippen molar-refractivity contribution in [2.24, 2.45) is 0 Å². The van der Waals surface area contributed by atoms with Gasteiger partial charge in [0.2, 0.25) is 17.7 Å². The summed E-state index contributed by atoms with van der Waals surface area (Å²) >= 11 is 0. The van der Waals surface area contributed by atoms with E-state index >= 15 is 0 Å². The fraction of sp³-hybridized carbons (Fsp3) is 0.261. The lowest BCUT2D eigenvalue weighted by Gasteiger charge is -2.15. The molecule has 0 saturated carbocycles. The highest BCUT2D eigenvalue weighted by atomic mass is 16.4. The van der Waals surface area contributed by atoms with E-state index in [0.717, 1.165) is 28.8 Å². The molecule has 2 aromatic carbocycles. The molecule has 4 rings (SSSR count). The first-order valence-electron chi connectivity index (χ1n) is 9.65. The van der Waals surface area contributed by atoms with Crippen molar-refractivity contribution < 1.29 is 14.0 Å². The van der Waals surface area contributed by atoms with Gasteiger partial charge in [-0.25, -0.2) is 4.98 Å². The number of hydrogen-bond donors (Lipinski definition) is 1. The predicted octanol–water partition coefficient (Wildman–Crippen LogP) is 4.05. The van der Waals surface area contributed by atoms with Crippen LogP contribution in [0.2, 0.25) is 0 Å². The van der Waals surface area contributed by atoms with Crippen molar-refractivity contribution in [3.8, 4) is 11.5 Å². The number of aryl methyl sites for hydroxylation is 2. The van der Waals surface area contributed by atoms with E-state index in [4.69, 9.17) is 4.42 Å². The molecule has 0 bridgehead atoms. The molecule has 0 aliphatic carbocycles. The van der Waals surface area contributed by atoms with Gasteiger partial charge in [-0.2, -0.15) is 0 Å². The minimum absolute atomic E-state index is 0.00841. The quantitative estimate of drug-likeness (QED) is 0.730. The molecule has 2 heterocycles. The normalized spacial score (nSPS) is 12.7. The Morgan fingerprint density at radius 3 is 2.62 bits per heavy atom. The lowest BCUT2D eigenvalue weighted by atomic mass is 10.1. The van der Waals surface area contributed by atoms with Crippen LogP contribution in [0.4, 0.5) is 11.4 Å². The third-order valence-corrected chi connectivity index (χ3v) is 5.16. The van der Waals surface area contributed by atoms with E-state index in [9.17, 15) is 9.59 Å². The number of oxazole rings is 1. The third kappa shape index (κ3) is 3.92. The average Bonchev–Trinajstić information content (AvgIpc) is 3.26. The maximum atomic E-state index is 12.6. The van der Waals surface area contributed by atoms with E-state index in [-0.39, 0.29) is 18.2 Å². The Balaban J connectivity index is 1.48. The van der Waals surface area contributed by atoms with Gasteiger partial charge in [0.1, 0.15) is 5.76 Å². The summed E-state index contributed by atoms with van der Waals surface area (Å²) < 4.78 is 5.76. The fourth-order valence-electron chi connectivity index (χ4n) is 3.55. The number of amides is 2. The first-order chi connectivity index (χ1) is 13.9. The molecule has 1 aliphatic heterocycles. The lowest BCUT2D eigenvalue weighted by molar-refractivity contribution is -0.116. The van der Waals surface area contributed by atoms with Crippen molar-refractivity contribution in [1.82, 2.24) is 4.98 Å². The maximum Gasteiger partial charge on any atom is 0.230 e. The van der Waals surface area contributed by atoms with Crippen LogP contribution in [0.5, 0.6) is 0 Å². The Morgan fingerprint density at radius 1 is 1.14 bits per heavy atom. The molecular weight excluding hydrogens is 366 g/mol. The van der Waals surface area contributed by atoms with Crippen molar-refractivity contribution in [1.29, 1.82) is 0 Å². The first-order valence-corrected chi connectivity index (χ1v) is 9.65. The molecule has 0 fully saturated rings. The molecule has 6 heteroatoms. The van der Waals surface area contributed by atoms with Gasteiger partial charge in [0.05, 0.1) is 12.1 Å². The summed E-state index contributed by atoms with van der Waals surface area (Å²) in [5.74, 6) is 0.977.